The van der Waals surface area contributed by atoms with Crippen LogP contribution >= 0.6 is 12.4 Å². The molecule has 0 bridgehead atoms. The summed E-state index contributed by atoms with van der Waals surface area (Å²) in [5.41, 5.74) is 0. The van der Waals surface area contributed by atoms with E-state index in [2.05, 4.69) is 17.6 Å². The highest BCUT2D eigenvalue weighted by Crippen LogP contribution is 2.33. The smallest absolute Gasteiger partial charge is 0.224 e. The standard InChI is InChI=1S/C12H22N2O.ClH/c1-9(7-10-4-5-10)14-12(15)11-3-2-6-13-8-11;/h9-11,13H,2-8H2,1H3,(H,14,15);1H/t9?,11-;/m1./s1. The number of halogens is 1. The monoisotopic (exact) mass is 246 g/mol. The topological polar surface area (TPSA) is 41.1 Å². The van der Waals surface area contributed by atoms with Gasteiger partial charge in [-0.3, -0.25) is 4.79 Å². The Balaban J connectivity index is 0.00000128. The fourth-order valence-electron chi connectivity index (χ4n) is 2.35. The fourth-order valence-corrected chi connectivity index (χ4v) is 2.35. The molecule has 1 saturated heterocycles. The number of hydrogen-bond donors (Lipinski definition) is 2. The number of nitrogens with one attached hydrogen (secondary N) is 2. The molecule has 1 saturated carbocycles. The van der Waals surface area contributed by atoms with Gasteiger partial charge in [0.2, 0.25) is 5.91 Å². The molecule has 1 heterocycles. The molecule has 2 atom stereocenters. The average Bonchev–Trinajstić information content (AvgIpc) is 3.03. The van der Waals surface area contributed by atoms with E-state index in [-0.39, 0.29) is 24.2 Å². The molecule has 4 heteroatoms. The summed E-state index contributed by atoms with van der Waals surface area (Å²) in [5.74, 6) is 1.36. The van der Waals surface area contributed by atoms with Crippen LogP contribution in [0.1, 0.15) is 39.0 Å². The molecule has 0 spiro atoms. The third-order valence-corrected chi connectivity index (χ3v) is 3.44. The normalized spacial score (nSPS) is 26.7. The van der Waals surface area contributed by atoms with Crippen LogP contribution < -0.4 is 10.6 Å². The van der Waals surface area contributed by atoms with Gasteiger partial charge in [0.05, 0.1) is 5.92 Å². The van der Waals surface area contributed by atoms with Gasteiger partial charge in [-0.1, -0.05) is 12.8 Å². The van der Waals surface area contributed by atoms with E-state index in [4.69, 9.17) is 0 Å². The molecule has 16 heavy (non-hydrogen) atoms. The van der Waals surface area contributed by atoms with Gasteiger partial charge in [0.15, 0.2) is 0 Å². The molecule has 2 fully saturated rings. The lowest BCUT2D eigenvalue weighted by atomic mass is 9.98. The van der Waals surface area contributed by atoms with Crippen LogP contribution in [0.3, 0.4) is 0 Å². The molecule has 0 aromatic rings. The van der Waals surface area contributed by atoms with Gasteiger partial charge in [-0.05, 0) is 38.6 Å². The quantitative estimate of drug-likeness (QED) is 0.793. The molecule has 2 rings (SSSR count). The van der Waals surface area contributed by atoms with Gasteiger partial charge >= 0.3 is 0 Å². The first-order valence-corrected chi connectivity index (χ1v) is 6.27. The number of amides is 1. The summed E-state index contributed by atoms with van der Waals surface area (Å²) in [6, 6.07) is 0.368. The summed E-state index contributed by atoms with van der Waals surface area (Å²) in [4.78, 5) is 11.9. The summed E-state index contributed by atoms with van der Waals surface area (Å²) >= 11 is 0. The number of hydrogen-bond acceptors (Lipinski definition) is 2. The fraction of sp³-hybridized carbons (Fsp3) is 0.917. The summed E-state index contributed by atoms with van der Waals surface area (Å²) in [5, 5.41) is 6.42. The van der Waals surface area contributed by atoms with Crippen molar-refractivity contribution >= 4 is 18.3 Å². The van der Waals surface area contributed by atoms with E-state index in [1.54, 1.807) is 0 Å². The number of carbonyl (C=O) groups is 1. The molecule has 1 unspecified atom stereocenters. The Morgan fingerprint density at radius 2 is 2.19 bits per heavy atom. The molecule has 2 aliphatic rings. The lowest BCUT2D eigenvalue weighted by molar-refractivity contribution is -0.126. The maximum Gasteiger partial charge on any atom is 0.224 e. The first-order valence-electron chi connectivity index (χ1n) is 6.27. The molecule has 0 aromatic heterocycles. The van der Waals surface area contributed by atoms with Crippen molar-refractivity contribution in [2.24, 2.45) is 11.8 Å². The molecule has 3 nitrogen and oxygen atoms in total. The Morgan fingerprint density at radius 1 is 1.44 bits per heavy atom. The first-order chi connectivity index (χ1) is 7.25. The van der Waals surface area contributed by atoms with Crippen molar-refractivity contribution in [2.75, 3.05) is 13.1 Å². The van der Waals surface area contributed by atoms with Crippen LogP contribution in [0.25, 0.3) is 0 Å². The van der Waals surface area contributed by atoms with Gasteiger partial charge in [-0.15, -0.1) is 12.4 Å². The Hall–Kier alpha value is -0.280. The number of piperidine rings is 1. The lowest BCUT2D eigenvalue weighted by Gasteiger charge is -2.24. The minimum absolute atomic E-state index is 0. The van der Waals surface area contributed by atoms with Gasteiger partial charge in [0.25, 0.3) is 0 Å². The van der Waals surface area contributed by atoms with Gasteiger partial charge in [0, 0.05) is 12.6 Å². The van der Waals surface area contributed by atoms with Gasteiger partial charge in [-0.2, -0.15) is 0 Å². The third-order valence-electron chi connectivity index (χ3n) is 3.44. The average molecular weight is 247 g/mol. The molecular formula is C12H23ClN2O. The predicted octanol–water partition coefficient (Wildman–Crippen LogP) is 1.71. The molecule has 1 aliphatic carbocycles. The number of rotatable bonds is 4. The van der Waals surface area contributed by atoms with E-state index >= 15 is 0 Å². The Bertz CT molecular complexity index is 225. The Kier molecular flexibility index (Phi) is 5.56. The highest BCUT2D eigenvalue weighted by Gasteiger charge is 2.26. The summed E-state index contributed by atoms with van der Waals surface area (Å²) in [7, 11) is 0. The molecule has 1 aliphatic heterocycles. The van der Waals surface area contributed by atoms with Crippen LogP contribution in [0.5, 0.6) is 0 Å². The maximum atomic E-state index is 11.9. The second kappa shape index (κ2) is 6.45. The molecule has 0 radical (unpaired) electrons. The van der Waals surface area contributed by atoms with Crippen molar-refractivity contribution in [3.8, 4) is 0 Å². The minimum atomic E-state index is 0. The van der Waals surface area contributed by atoms with Crippen LogP contribution in [0, 0.1) is 11.8 Å². The lowest BCUT2D eigenvalue weighted by Crippen LogP contribution is -2.43. The Labute approximate surface area is 104 Å². The van der Waals surface area contributed by atoms with Crippen molar-refractivity contribution in [1.29, 1.82) is 0 Å². The van der Waals surface area contributed by atoms with Gasteiger partial charge in [0.1, 0.15) is 0 Å². The minimum Gasteiger partial charge on any atom is -0.353 e. The van der Waals surface area contributed by atoms with Crippen LogP contribution in [0.15, 0.2) is 0 Å². The van der Waals surface area contributed by atoms with E-state index in [1.807, 2.05) is 0 Å². The Morgan fingerprint density at radius 3 is 2.75 bits per heavy atom. The van der Waals surface area contributed by atoms with Crippen LogP contribution in [0.4, 0.5) is 0 Å². The van der Waals surface area contributed by atoms with Crippen molar-refractivity contribution < 1.29 is 4.79 Å². The second-order valence-electron chi connectivity index (χ2n) is 5.13. The van der Waals surface area contributed by atoms with Crippen molar-refractivity contribution in [3.05, 3.63) is 0 Å². The second-order valence-corrected chi connectivity index (χ2v) is 5.13. The van der Waals surface area contributed by atoms with Crippen LogP contribution in [-0.4, -0.2) is 25.0 Å². The molecule has 1 amide bonds. The number of carbonyl (C=O) groups excluding carboxylic acids is 1. The van der Waals surface area contributed by atoms with Crippen molar-refractivity contribution in [3.63, 3.8) is 0 Å². The first kappa shape index (κ1) is 13.8. The zero-order valence-corrected chi connectivity index (χ0v) is 10.8. The molecule has 2 N–H and O–H groups in total. The van der Waals surface area contributed by atoms with Crippen LogP contribution in [-0.2, 0) is 4.79 Å². The van der Waals surface area contributed by atoms with Crippen molar-refractivity contribution in [2.45, 2.75) is 45.1 Å². The zero-order chi connectivity index (χ0) is 10.7. The zero-order valence-electron chi connectivity index (χ0n) is 10.00. The highest BCUT2D eigenvalue weighted by atomic mass is 35.5. The van der Waals surface area contributed by atoms with E-state index in [0.29, 0.717) is 6.04 Å². The maximum absolute atomic E-state index is 11.9. The third kappa shape index (κ3) is 4.30. The van der Waals surface area contributed by atoms with E-state index in [1.165, 1.54) is 19.3 Å². The predicted molar refractivity (Wildman–Crippen MR) is 67.8 cm³/mol. The van der Waals surface area contributed by atoms with Crippen molar-refractivity contribution in [1.82, 2.24) is 10.6 Å². The van der Waals surface area contributed by atoms with E-state index in [0.717, 1.165) is 31.8 Å². The summed E-state index contributed by atoms with van der Waals surface area (Å²) < 4.78 is 0. The molecule has 0 aromatic carbocycles. The summed E-state index contributed by atoms with van der Waals surface area (Å²) in [6.07, 6.45) is 6.09. The SMILES string of the molecule is CC(CC1CC1)NC(=O)[C@@H]1CCCNC1.Cl. The highest BCUT2D eigenvalue weighted by molar-refractivity contribution is 5.85. The molecule has 94 valence electrons. The summed E-state index contributed by atoms with van der Waals surface area (Å²) in [6.45, 7) is 4.07. The molecular weight excluding hydrogens is 224 g/mol. The largest absolute Gasteiger partial charge is 0.353 e. The van der Waals surface area contributed by atoms with Gasteiger partial charge in [-0.25, -0.2) is 0 Å². The van der Waals surface area contributed by atoms with Gasteiger partial charge < -0.3 is 10.6 Å². The van der Waals surface area contributed by atoms with E-state index in [9.17, 15) is 4.79 Å². The van der Waals surface area contributed by atoms with E-state index < -0.39 is 0 Å². The van der Waals surface area contributed by atoms with Crippen LogP contribution in [0.2, 0.25) is 0 Å².